The van der Waals surface area contributed by atoms with Crippen molar-refractivity contribution in [2.45, 2.75) is 18.5 Å². The van der Waals surface area contributed by atoms with Gasteiger partial charge in [-0.3, -0.25) is 9.59 Å². The molecule has 1 unspecified atom stereocenters. The van der Waals surface area contributed by atoms with Crippen LogP contribution in [0.15, 0.2) is 73.1 Å². The number of fused-ring (bicyclic) bond motifs is 1. The molecule has 11 heteroatoms. The Kier molecular flexibility index (Phi) is 8.93. The van der Waals surface area contributed by atoms with Gasteiger partial charge in [-0.15, -0.1) is 0 Å². The highest BCUT2D eigenvalue weighted by molar-refractivity contribution is 6.33. The number of halogens is 1. The van der Waals surface area contributed by atoms with Crippen molar-refractivity contribution >= 4 is 46.0 Å². The van der Waals surface area contributed by atoms with Gasteiger partial charge in [0.2, 0.25) is 11.9 Å². The van der Waals surface area contributed by atoms with Crippen molar-refractivity contribution in [3.8, 4) is 11.3 Å². The van der Waals surface area contributed by atoms with Crippen molar-refractivity contribution in [3.05, 3.63) is 83.7 Å². The molecule has 5 rings (SSSR count). The molecule has 41 heavy (non-hydrogen) atoms. The molecule has 0 aliphatic carbocycles. The monoisotopic (exact) mass is 572 g/mol. The number of carbonyl (C=O) groups is 2. The molecule has 2 aromatic heterocycles. The third-order valence-corrected chi connectivity index (χ3v) is 7.04. The van der Waals surface area contributed by atoms with Gasteiger partial charge < -0.3 is 31.2 Å². The molecule has 10 nitrogen and oxygen atoms in total. The number of nitrogens with one attached hydrogen (secondary N) is 5. The zero-order valence-electron chi connectivity index (χ0n) is 22.9. The van der Waals surface area contributed by atoms with Gasteiger partial charge >= 0.3 is 0 Å². The van der Waals surface area contributed by atoms with E-state index in [-0.39, 0.29) is 23.9 Å². The van der Waals surface area contributed by atoms with E-state index in [1.165, 1.54) is 6.08 Å². The smallest absolute Gasteiger partial charge is 0.251 e. The number of hydrogen-bond acceptors (Lipinski definition) is 7. The topological polar surface area (TPSA) is 127 Å². The van der Waals surface area contributed by atoms with Crippen molar-refractivity contribution in [2.75, 3.05) is 44.4 Å². The molecule has 2 atom stereocenters. The molecule has 2 amide bonds. The first-order valence-electron chi connectivity index (χ1n) is 13.4. The van der Waals surface area contributed by atoms with Gasteiger partial charge in [-0.05, 0) is 50.8 Å². The maximum absolute atomic E-state index is 12.9. The molecule has 1 aliphatic rings. The SMILES string of the molecule is CN(C)C/C=C/C(=O)Nc1ccc(C(=O)NC2CNC[C@@H](Nc3ncc(Cl)c(-c4c[nH]c5ccccc45)n3)C2)cc1. The number of amides is 2. The van der Waals surface area contributed by atoms with Crippen molar-refractivity contribution in [1.82, 2.24) is 30.5 Å². The number of nitrogens with zero attached hydrogens (tertiary/aromatic N) is 3. The van der Waals surface area contributed by atoms with Gasteiger partial charge in [0.15, 0.2) is 0 Å². The van der Waals surface area contributed by atoms with E-state index in [1.807, 2.05) is 49.5 Å². The number of aromatic nitrogens is 3. The summed E-state index contributed by atoms with van der Waals surface area (Å²) in [4.78, 5) is 39.3. The Labute approximate surface area is 243 Å². The first-order valence-corrected chi connectivity index (χ1v) is 13.8. The molecule has 1 saturated heterocycles. The van der Waals surface area contributed by atoms with Gasteiger partial charge in [-0.25, -0.2) is 9.97 Å². The van der Waals surface area contributed by atoms with Crippen LogP contribution in [0.25, 0.3) is 22.2 Å². The molecule has 212 valence electrons. The number of carbonyl (C=O) groups excluding carboxylic acids is 2. The minimum absolute atomic E-state index is 0.00387. The average Bonchev–Trinajstić information content (AvgIpc) is 3.38. The Hall–Kier alpha value is -4.25. The molecular weight excluding hydrogens is 540 g/mol. The van der Waals surface area contributed by atoms with Crippen molar-refractivity contribution in [3.63, 3.8) is 0 Å². The van der Waals surface area contributed by atoms with Gasteiger partial charge in [0.25, 0.3) is 5.91 Å². The molecule has 0 spiro atoms. The lowest BCUT2D eigenvalue weighted by Gasteiger charge is -2.31. The highest BCUT2D eigenvalue weighted by atomic mass is 35.5. The van der Waals surface area contributed by atoms with Crippen LogP contribution in [0.5, 0.6) is 0 Å². The maximum Gasteiger partial charge on any atom is 0.251 e. The third-order valence-electron chi connectivity index (χ3n) is 6.76. The Morgan fingerprint density at radius 3 is 2.68 bits per heavy atom. The number of rotatable bonds is 9. The summed E-state index contributed by atoms with van der Waals surface area (Å²) in [6, 6.07) is 14.8. The van der Waals surface area contributed by atoms with Gasteiger partial charge in [0, 0.05) is 71.7 Å². The zero-order chi connectivity index (χ0) is 28.8. The van der Waals surface area contributed by atoms with E-state index in [2.05, 4.69) is 31.2 Å². The maximum atomic E-state index is 12.9. The first-order chi connectivity index (χ1) is 19.9. The fourth-order valence-corrected chi connectivity index (χ4v) is 4.96. The van der Waals surface area contributed by atoms with E-state index in [1.54, 1.807) is 36.5 Å². The average molecular weight is 573 g/mol. The number of piperidine rings is 1. The second-order valence-electron chi connectivity index (χ2n) is 10.3. The van der Waals surface area contributed by atoms with Crippen LogP contribution >= 0.6 is 11.6 Å². The highest BCUT2D eigenvalue weighted by Gasteiger charge is 2.24. The summed E-state index contributed by atoms with van der Waals surface area (Å²) in [7, 11) is 3.87. The molecule has 0 saturated carbocycles. The quantitative estimate of drug-likeness (QED) is 0.192. The van der Waals surface area contributed by atoms with Crippen LogP contribution in [0.4, 0.5) is 11.6 Å². The minimum atomic E-state index is -0.214. The number of aromatic amines is 1. The summed E-state index contributed by atoms with van der Waals surface area (Å²) in [5.74, 6) is 0.0855. The molecule has 3 heterocycles. The van der Waals surface area contributed by atoms with Crippen LogP contribution < -0.4 is 21.3 Å². The number of benzene rings is 2. The zero-order valence-corrected chi connectivity index (χ0v) is 23.7. The Bertz CT molecular complexity index is 1550. The predicted molar refractivity (Wildman–Crippen MR) is 163 cm³/mol. The lowest BCUT2D eigenvalue weighted by atomic mass is 10.0. The van der Waals surface area contributed by atoms with Gasteiger partial charge in [0.05, 0.1) is 16.9 Å². The lowest BCUT2D eigenvalue weighted by Crippen LogP contribution is -2.52. The molecule has 5 N–H and O–H groups in total. The number of anilines is 2. The summed E-state index contributed by atoms with van der Waals surface area (Å²) in [5, 5.41) is 14.2. The van der Waals surface area contributed by atoms with E-state index < -0.39 is 0 Å². The van der Waals surface area contributed by atoms with Crippen LogP contribution in [0.3, 0.4) is 0 Å². The summed E-state index contributed by atoms with van der Waals surface area (Å²) < 4.78 is 0. The van der Waals surface area contributed by atoms with Crippen molar-refractivity contribution < 1.29 is 9.59 Å². The summed E-state index contributed by atoms with van der Waals surface area (Å²) in [5.41, 5.74) is 3.72. The highest BCUT2D eigenvalue weighted by Crippen LogP contribution is 2.32. The van der Waals surface area contributed by atoms with E-state index in [0.717, 1.165) is 16.5 Å². The van der Waals surface area contributed by atoms with E-state index in [9.17, 15) is 9.59 Å². The number of hydrogen-bond donors (Lipinski definition) is 5. The Morgan fingerprint density at radius 2 is 1.88 bits per heavy atom. The summed E-state index contributed by atoms with van der Waals surface area (Å²) in [6.07, 6.45) is 7.50. The standard InChI is InChI=1S/C30H33ClN8O2/c1-39(2)13-5-8-27(40)35-20-11-9-19(10-12-20)29(41)36-21-14-22(16-32-15-21)37-30-34-18-25(31)28(38-30)24-17-33-26-7-4-3-6-23(24)26/h3-12,17-18,21-22,32-33H,13-16H2,1-2H3,(H,35,40)(H,36,41)(H,34,37,38)/b8-5+/t21?,22-/m0/s1. The van der Waals surface area contributed by atoms with E-state index in [0.29, 0.717) is 54.0 Å². The summed E-state index contributed by atoms with van der Waals surface area (Å²) in [6.45, 7) is 2.04. The Balaban J connectivity index is 1.17. The van der Waals surface area contributed by atoms with Crippen LogP contribution in [-0.2, 0) is 4.79 Å². The van der Waals surface area contributed by atoms with Crippen molar-refractivity contribution in [1.29, 1.82) is 0 Å². The van der Waals surface area contributed by atoms with Crippen LogP contribution in [0.2, 0.25) is 5.02 Å². The van der Waals surface area contributed by atoms with Gasteiger partial charge in [-0.2, -0.15) is 0 Å². The fourth-order valence-electron chi connectivity index (χ4n) is 4.77. The first kappa shape index (κ1) is 28.3. The molecule has 0 radical (unpaired) electrons. The molecule has 1 fully saturated rings. The number of likely N-dealkylation sites (N-methyl/N-ethyl adjacent to an activating group) is 1. The van der Waals surface area contributed by atoms with Crippen molar-refractivity contribution in [2.24, 2.45) is 0 Å². The summed E-state index contributed by atoms with van der Waals surface area (Å²) >= 11 is 6.48. The third kappa shape index (κ3) is 7.29. The predicted octanol–water partition coefficient (Wildman–Crippen LogP) is 3.91. The molecule has 2 aromatic carbocycles. The van der Waals surface area contributed by atoms with Crippen LogP contribution in [0, 0.1) is 0 Å². The second kappa shape index (κ2) is 12.9. The van der Waals surface area contributed by atoms with Gasteiger partial charge in [0.1, 0.15) is 0 Å². The van der Waals surface area contributed by atoms with E-state index in [4.69, 9.17) is 16.6 Å². The minimum Gasteiger partial charge on any atom is -0.360 e. The van der Waals surface area contributed by atoms with Crippen LogP contribution in [0.1, 0.15) is 16.8 Å². The molecule has 4 aromatic rings. The molecule has 1 aliphatic heterocycles. The van der Waals surface area contributed by atoms with Crippen LogP contribution in [-0.4, -0.2) is 77.5 Å². The Morgan fingerprint density at radius 1 is 1.10 bits per heavy atom. The largest absolute Gasteiger partial charge is 0.360 e. The molecule has 0 bridgehead atoms. The normalized spacial score (nSPS) is 17.2. The second-order valence-corrected chi connectivity index (χ2v) is 10.7. The van der Waals surface area contributed by atoms with E-state index >= 15 is 0 Å². The fraction of sp³-hybridized carbons (Fsp3) is 0.267. The molecular formula is C30H33ClN8O2. The lowest BCUT2D eigenvalue weighted by molar-refractivity contribution is -0.111. The number of H-pyrrole nitrogens is 1. The van der Waals surface area contributed by atoms with Gasteiger partial charge in [-0.1, -0.05) is 35.9 Å². The number of para-hydroxylation sites is 1.